The van der Waals surface area contributed by atoms with Gasteiger partial charge in [0.2, 0.25) is 0 Å². The van der Waals surface area contributed by atoms with Gasteiger partial charge in [0.25, 0.3) is 0 Å². The van der Waals surface area contributed by atoms with E-state index in [2.05, 4.69) is 0 Å². The van der Waals surface area contributed by atoms with Crippen molar-refractivity contribution in [3.8, 4) is 0 Å². The lowest BCUT2D eigenvalue weighted by Gasteiger charge is -2.43. The Labute approximate surface area is 86.3 Å². The Morgan fingerprint density at radius 2 is 1.43 bits per heavy atom. The summed E-state index contributed by atoms with van der Waals surface area (Å²) in [6.07, 6.45) is 0. The molecule has 2 heterocycles. The lowest BCUT2D eigenvalue weighted by Crippen LogP contribution is -2.49. The van der Waals surface area contributed by atoms with E-state index in [9.17, 15) is 0 Å². The quantitative estimate of drug-likeness (QED) is 0.616. The van der Waals surface area contributed by atoms with E-state index in [1.165, 1.54) is 0 Å². The summed E-state index contributed by atoms with van der Waals surface area (Å²) >= 11 is 0. The maximum atomic E-state index is 5.48. The number of ether oxygens (including phenoxy) is 2. The molecule has 14 heavy (non-hydrogen) atoms. The molecule has 2 aliphatic rings. The topological polar surface area (TPSA) is 36.9 Å². The van der Waals surface area contributed by atoms with Gasteiger partial charge in [-0.15, -0.1) is 0 Å². The van der Waals surface area contributed by atoms with Gasteiger partial charge in [0.1, 0.15) is 0 Å². The normalized spacial score (nSPS) is 24.0. The summed E-state index contributed by atoms with van der Waals surface area (Å²) in [5, 5.41) is 0. The van der Waals surface area contributed by atoms with E-state index in [4.69, 9.17) is 18.3 Å². The molecule has 0 aromatic heterocycles. The van der Waals surface area contributed by atoms with Gasteiger partial charge in [0.05, 0.1) is 26.4 Å². The molecule has 0 unspecified atom stereocenters. The van der Waals surface area contributed by atoms with Gasteiger partial charge in [-0.1, -0.05) is 0 Å². The van der Waals surface area contributed by atoms with E-state index >= 15 is 0 Å². The van der Waals surface area contributed by atoms with E-state index in [1.807, 2.05) is 0 Å². The van der Waals surface area contributed by atoms with Crippen LogP contribution in [0.1, 0.15) is 0 Å². The van der Waals surface area contributed by atoms with Crippen molar-refractivity contribution in [2.24, 2.45) is 11.8 Å². The molecule has 2 fully saturated rings. The Bertz CT molecular complexity index is 164. The van der Waals surface area contributed by atoms with Crippen LogP contribution in [0, 0.1) is 11.8 Å². The van der Waals surface area contributed by atoms with E-state index < -0.39 is 9.28 Å². The highest BCUT2D eigenvalue weighted by Crippen LogP contribution is 2.39. The maximum Gasteiger partial charge on any atom is 0.325 e. The second-order valence-corrected chi connectivity index (χ2v) is 6.46. The Morgan fingerprint density at radius 3 is 1.64 bits per heavy atom. The summed E-state index contributed by atoms with van der Waals surface area (Å²) in [5.74, 6) is 1.28. The van der Waals surface area contributed by atoms with Crippen LogP contribution >= 0.6 is 0 Å². The fraction of sp³-hybridized carbons (Fsp3) is 1.00. The van der Waals surface area contributed by atoms with Gasteiger partial charge in [-0.2, -0.15) is 0 Å². The average Bonchev–Trinajstić information content (AvgIpc) is 2.00. The molecule has 5 heteroatoms. The van der Waals surface area contributed by atoms with Crippen LogP contribution in [0.3, 0.4) is 0 Å². The first-order valence-corrected chi connectivity index (χ1v) is 6.69. The average molecular weight is 218 g/mol. The zero-order valence-electron chi connectivity index (χ0n) is 8.77. The summed E-state index contributed by atoms with van der Waals surface area (Å²) in [6.45, 7) is 3.49. The van der Waals surface area contributed by atoms with Crippen molar-refractivity contribution in [1.82, 2.24) is 0 Å². The SMILES string of the molecule is CO[SiH](OC)C(C1COC1)C1COC1. The zero-order chi connectivity index (χ0) is 9.97. The van der Waals surface area contributed by atoms with E-state index in [0.717, 1.165) is 26.4 Å². The minimum Gasteiger partial charge on any atom is -0.400 e. The molecule has 0 saturated carbocycles. The summed E-state index contributed by atoms with van der Waals surface area (Å²) in [7, 11) is 2.00. The molecule has 0 aliphatic carbocycles. The second kappa shape index (κ2) is 4.72. The molecule has 0 radical (unpaired) electrons. The van der Waals surface area contributed by atoms with E-state index in [1.54, 1.807) is 14.2 Å². The fourth-order valence-corrected chi connectivity index (χ4v) is 4.35. The van der Waals surface area contributed by atoms with Crippen molar-refractivity contribution in [2.45, 2.75) is 5.54 Å². The van der Waals surface area contributed by atoms with E-state index in [0.29, 0.717) is 17.4 Å². The molecule has 0 aromatic rings. The third-order valence-corrected chi connectivity index (χ3v) is 5.84. The first kappa shape index (κ1) is 10.6. The standard InChI is InChI=1S/C9H18O4Si/c1-10-14(11-2)9(7-3-12-4-7)8-5-13-6-8/h7-9,14H,3-6H2,1-2H3. The molecule has 0 N–H and O–H groups in total. The first-order chi connectivity index (χ1) is 6.86. The Kier molecular flexibility index (Phi) is 3.56. The summed E-state index contributed by atoms with van der Waals surface area (Å²) in [4.78, 5) is 0. The zero-order valence-corrected chi connectivity index (χ0v) is 9.93. The molecule has 2 aliphatic heterocycles. The Hall–Kier alpha value is 0.0569. The minimum absolute atomic E-state index is 0.562. The molecular formula is C9H18O4Si. The molecule has 2 saturated heterocycles. The molecule has 2 rings (SSSR count). The van der Waals surface area contributed by atoms with Crippen molar-refractivity contribution in [3.63, 3.8) is 0 Å². The van der Waals surface area contributed by atoms with Gasteiger partial charge in [0.15, 0.2) is 0 Å². The van der Waals surface area contributed by atoms with Crippen LogP contribution in [0.4, 0.5) is 0 Å². The largest absolute Gasteiger partial charge is 0.400 e. The number of hydrogen-bond donors (Lipinski definition) is 0. The van der Waals surface area contributed by atoms with Gasteiger partial charge >= 0.3 is 9.28 Å². The lowest BCUT2D eigenvalue weighted by molar-refractivity contribution is -0.0954. The molecule has 82 valence electrons. The highest BCUT2D eigenvalue weighted by molar-refractivity contribution is 6.46. The van der Waals surface area contributed by atoms with Crippen molar-refractivity contribution in [2.75, 3.05) is 40.6 Å². The van der Waals surface area contributed by atoms with E-state index in [-0.39, 0.29) is 0 Å². The molecule has 0 aromatic carbocycles. The van der Waals surface area contributed by atoms with Crippen molar-refractivity contribution in [3.05, 3.63) is 0 Å². The summed E-state index contributed by atoms with van der Waals surface area (Å²) < 4.78 is 21.4. The molecule has 0 spiro atoms. The summed E-state index contributed by atoms with van der Waals surface area (Å²) in [5.41, 5.74) is 0.562. The van der Waals surface area contributed by atoms with Crippen LogP contribution in [0.5, 0.6) is 0 Å². The third kappa shape index (κ3) is 1.87. The fourth-order valence-electron chi connectivity index (χ4n) is 2.19. The van der Waals surface area contributed by atoms with Gasteiger partial charge in [0, 0.05) is 31.6 Å². The van der Waals surface area contributed by atoms with Crippen LogP contribution in [-0.2, 0) is 18.3 Å². The number of rotatable bonds is 5. The van der Waals surface area contributed by atoms with Gasteiger partial charge in [-0.3, -0.25) is 0 Å². The highest BCUT2D eigenvalue weighted by Gasteiger charge is 2.44. The van der Waals surface area contributed by atoms with Crippen LogP contribution in [0.2, 0.25) is 5.54 Å². The van der Waals surface area contributed by atoms with Gasteiger partial charge < -0.3 is 18.3 Å². The van der Waals surface area contributed by atoms with Crippen LogP contribution in [-0.4, -0.2) is 49.9 Å². The van der Waals surface area contributed by atoms with Crippen LogP contribution in [0.15, 0.2) is 0 Å². The number of hydrogen-bond acceptors (Lipinski definition) is 4. The van der Waals surface area contributed by atoms with Crippen LogP contribution < -0.4 is 0 Å². The Morgan fingerprint density at radius 1 is 1.00 bits per heavy atom. The molecular weight excluding hydrogens is 200 g/mol. The van der Waals surface area contributed by atoms with Gasteiger partial charge in [-0.05, 0) is 0 Å². The molecule has 4 nitrogen and oxygen atoms in total. The van der Waals surface area contributed by atoms with Crippen molar-refractivity contribution >= 4 is 9.28 Å². The predicted octanol–water partition coefficient (Wildman–Crippen LogP) is 0.163. The second-order valence-electron chi connectivity index (χ2n) is 4.01. The monoisotopic (exact) mass is 218 g/mol. The lowest BCUT2D eigenvalue weighted by atomic mass is 9.91. The first-order valence-electron chi connectivity index (χ1n) is 5.08. The molecule has 0 bridgehead atoms. The molecule has 0 atom stereocenters. The summed E-state index contributed by atoms with van der Waals surface area (Å²) in [6, 6.07) is 0. The Balaban J connectivity index is 1.95. The van der Waals surface area contributed by atoms with Crippen molar-refractivity contribution in [1.29, 1.82) is 0 Å². The highest BCUT2D eigenvalue weighted by atomic mass is 28.3. The maximum absolute atomic E-state index is 5.48. The smallest absolute Gasteiger partial charge is 0.325 e. The third-order valence-electron chi connectivity index (χ3n) is 3.20. The van der Waals surface area contributed by atoms with Crippen LogP contribution in [0.25, 0.3) is 0 Å². The molecule has 0 amide bonds. The van der Waals surface area contributed by atoms with Crippen molar-refractivity contribution < 1.29 is 18.3 Å². The minimum atomic E-state index is -1.52. The van der Waals surface area contributed by atoms with Gasteiger partial charge in [-0.25, -0.2) is 0 Å². The predicted molar refractivity (Wildman–Crippen MR) is 53.5 cm³/mol.